The summed E-state index contributed by atoms with van der Waals surface area (Å²) in [5.41, 5.74) is 20.8. The van der Waals surface area contributed by atoms with Gasteiger partial charge in [-0.1, -0.05) is 12.1 Å². The molecule has 0 atom stereocenters. The number of fused-ring (bicyclic) bond motifs is 1. The second-order valence-electron chi connectivity index (χ2n) is 7.49. The number of benzene rings is 2. The van der Waals surface area contributed by atoms with Crippen LogP contribution in [-0.4, -0.2) is 9.55 Å². The van der Waals surface area contributed by atoms with Crippen LogP contribution in [0.5, 0.6) is 0 Å². The zero-order chi connectivity index (χ0) is 20.7. The van der Waals surface area contributed by atoms with E-state index in [4.69, 9.17) is 15.9 Å². The highest BCUT2D eigenvalue weighted by molar-refractivity contribution is 5.77. The molecule has 0 radical (unpaired) electrons. The topological polar surface area (TPSA) is 100 Å². The molecule has 0 bridgehead atoms. The number of pyridine rings is 1. The highest BCUT2D eigenvalue weighted by atomic mass is 16.4. The molecule has 0 fully saturated rings. The third-order valence-corrected chi connectivity index (χ3v) is 5.32. The van der Waals surface area contributed by atoms with Gasteiger partial charge in [-0.15, -0.1) is 0 Å². The van der Waals surface area contributed by atoms with Crippen molar-refractivity contribution in [3.8, 4) is 11.3 Å². The van der Waals surface area contributed by atoms with Gasteiger partial charge >= 0.3 is 5.76 Å². The molecule has 0 saturated heterocycles. The SMILES string of the molecule is Cc1cnc(-c2c(C)cc(CN)cc2C)cc1Cn1c(=O)oc2cc(N)ccc21. The predicted molar refractivity (Wildman–Crippen MR) is 116 cm³/mol. The van der Waals surface area contributed by atoms with Crippen molar-refractivity contribution in [3.63, 3.8) is 0 Å². The highest BCUT2D eigenvalue weighted by Crippen LogP contribution is 2.29. The van der Waals surface area contributed by atoms with Crippen molar-refractivity contribution in [3.05, 3.63) is 81.0 Å². The molecule has 29 heavy (non-hydrogen) atoms. The van der Waals surface area contributed by atoms with Gasteiger partial charge in [-0.2, -0.15) is 0 Å². The first-order valence-electron chi connectivity index (χ1n) is 9.52. The number of nitrogen functional groups attached to an aromatic ring is 1. The Balaban J connectivity index is 1.80. The normalized spacial score (nSPS) is 11.3. The van der Waals surface area contributed by atoms with Crippen LogP contribution in [0.1, 0.15) is 27.8 Å². The minimum atomic E-state index is -0.400. The van der Waals surface area contributed by atoms with Gasteiger partial charge in [-0.25, -0.2) is 4.79 Å². The summed E-state index contributed by atoms with van der Waals surface area (Å²) in [6, 6.07) is 11.5. The van der Waals surface area contributed by atoms with Crippen molar-refractivity contribution >= 4 is 16.8 Å². The van der Waals surface area contributed by atoms with Crippen LogP contribution in [0, 0.1) is 20.8 Å². The largest absolute Gasteiger partial charge is 0.420 e. The zero-order valence-corrected chi connectivity index (χ0v) is 16.8. The molecular formula is C23H24N4O2. The highest BCUT2D eigenvalue weighted by Gasteiger charge is 2.14. The standard InChI is InChI=1S/C23H24N4O2/c1-13-6-16(10-24)7-14(2)22(13)19-8-17(15(3)11-26-19)12-27-20-5-4-18(25)9-21(20)29-23(27)28/h4-9,11H,10,12,24-25H2,1-3H3. The van der Waals surface area contributed by atoms with Crippen LogP contribution in [-0.2, 0) is 13.1 Å². The van der Waals surface area contributed by atoms with E-state index >= 15 is 0 Å². The smallest absolute Gasteiger partial charge is 0.408 e. The van der Waals surface area contributed by atoms with E-state index in [1.165, 1.54) is 0 Å². The average molecular weight is 388 g/mol. The molecule has 2 aromatic carbocycles. The van der Waals surface area contributed by atoms with Crippen molar-refractivity contribution in [1.82, 2.24) is 9.55 Å². The fourth-order valence-corrected chi connectivity index (χ4v) is 3.85. The summed E-state index contributed by atoms with van der Waals surface area (Å²) >= 11 is 0. The first-order chi connectivity index (χ1) is 13.9. The van der Waals surface area contributed by atoms with Crippen LogP contribution in [0.4, 0.5) is 5.69 Å². The first kappa shape index (κ1) is 19.0. The molecule has 4 N–H and O–H groups in total. The summed E-state index contributed by atoms with van der Waals surface area (Å²) in [6.45, 7) is 7.04. The van der Waals surface area contributed by atoms with Gasteiger partial charge in [0.1, 0.15) is 0 Å². The van der Waals surface area contributed by atoms with Crippen LogP contribution in [0.2, 0.25) is 0 Å². The Kier molecular flexibility index (Phi) is 4.72. The molecule has 4 rings (SSSR count). The van der Waals surface area contributed by atoms with E-state index in [0.29, 0.717) is 24.4 Å². The summed E-state index contributed by atoms with van der Waals surface area (Å²) in [4.78, 5) is 17.1. The fourth-order valence-electron chi connectivity index (χ4n) is 3.85. The van der Waals surface area contributed by atoms with E-state index in [0.717, 1.165) is 44.6 Å². The Bertz CT molecular complexity index is 1260. The summed E-state index contributed by atoms with van der Waals surface area (Å²) in [6.07, 6.45) is 1.85. The van der Waals surface area contributed by atoms with Gasteiger partial charge in [0.15, 0.2) is 5.58 Å². The van der Waals surface area contributed by atoms with Crippen LogP contribution >= 0.6 is 0 Å². The number of anilines is 1. The van der Waals surface area contributed by atoms with Crippen molar-refractivity contribution < 1.29 is 4.42 Å². The van der Waals surface area contributed by atoms with Crippen molar-refractivity contribution in [2.24, 2.45) is 5.73 Å². The van der Waals surface area contributed by atoms with Crippen LogP contribution < -0.4 is 17.2 Å². The summed E-state index contributed by atoms with van der Waals surface area (Å²) in [5, 5.41) is 0. The van der Waals surface area contributed by atoms with Gasteiger partial charge in [0, 0.05) is 30.1 Å². The minimum absolute atomic E-state index is 0.399. The number of nitrogens with two attached hydrogens (primary N) is 2. The molecule has 0 aliphatic rings. The van der Waals surface area contributed by atoms with Crippen LogP contribution in [0.3, 0.4) is 0 Å². The molecule has 6 nitrogen and oxygen atoms in total. The molecule has 2 heterocycles. The Morgan fingerprint density at radius 2 is 1.76 bits per heavy atom. The second-order valence-corrected chi connectivity index (χ2v) is 7.49. The molecule has 148 valence electrons. The minimum Gasteiger partial charge on any atom is -0.408 e. The predicted octanol–water partition coefficient (Wildman–Crippen LogP) is 3.67. The number of oxazole rings is 1. The van der Waals surface area contributed by atoms with Gasteiger partial charge in [0.25, 0.3) is 0 Å². The molecule has 0 spiro atoms. The van der Waals surface area contributed by atoms with Crippen LogP contribution in [0.15, 0.2) is 51.8 Å². The van der Waals surface area contributed by atoms with E-state index in [1.54, 1.807) is 16.7 Å². The summed E-state index contributed by atoms with van der Waals surface area (Å²) in [7, 11) is 0. The number of hydrogen-bond donors (Lipinski definition) is 2. The Morgan fingerprint density at radius 3 is 2.45 bits per heavy atom. The van der Waals surface area contributed by atoms with Crippen LogP contribution in [0.25, 0.3) is 22.4 Å². The van der Waals surface area contributed by atoms with Gasteiger partial charge in [-0.3, -0.25) is 9.55 Å². The van der Waals surface area contributed by atoms with Crippen molar-refractivity contribution in [2.75, 3.05) is 5.73 Å². The van der Waals surface area contributed by atoms with E-state index in [2.05, 4.69) is 37.0 Å². The lowest BCUT2D eigenvalue weighted by atomic mass is 9.95. The third-order valence-electron chi connectivity index (χ3n) is 5.32. The summed E-state index contributed by atoms with van der Waals surface area (Å²) in [5.74, 6) is -0.400. The van der Waals surface area contributed by atoms with E-state index < -0.39 is 5.76 Å². The van der Waals surface area contributed by atoms with Gasteiger partial charge in [-0.05, 0) is 66.8 Å². The monoisotopic (exact) mass is 388 g/mol. The zero-order valence-electron chi connectivity index (χ0n) is 16.8. The molecule has 4 aromatic rings. The Morgan fingerprint density at radius 1 is 1.03 bits per heavy atom. The van der Waals surface area contributed by atoms with Gasteiger partial charge in [0.2, 0.25) is 0 Å². The van der Waals surface area contributed by atoms with Crippen molar-refractivity contribution in [1.29, 1.82) is 0 Å². The molecule has 0 unspecified atom stereocenters. The van der Waals surface area contributed by atoms with Gasteiger partial charge in [0.05, 0.1) is 17.8 Å². The van der Waals surface area contributed by atoms with Crippen molar-refractivity contribution in [2.45, 2.75) is 33.9 Å². The molecule has 2 aromatic heterocycles. The second kappa shape index (κ2) is 7.22. The molecular weight excluding hydrogens is 364 g/mol. The molecule has 0 aliphatic heterocycles. The number of nitrogens with zero attached hydrogens (tertiary/aromatic N) is 2. The molecule has 0 amide bonds. The summed E-state index contributed by atoms with van der Waals surface area (Å²) < 4.78 is 6.99. The number of hydrogen-bond acceptors (Lipinski definition) is 5. The Hall–Kier alpha value is -3.38. The molecule has 0 aliphatic carbocycles. The maximum absolute atomic E-state index is 12.4. The third kappa shape index (κ3) is 3.43. The lowest BCUT2D eigenvalue weighted by Crippen LogP contribution is -2.15. The Labute approximate surface area is 168 Å². The van der Waals surface area contributed by atoms with E-state index in [9.17, 15) is 4.79 Å². The maximum atomic E-state index is 12.4. The maximum Gasteiger partial charge on any atom is 0.420 e. The fraction of sp³-hybridized carbons (Fsp3) is 0.217. The van der Waals surface area contributed by atoms with E-state index in [1.807, 2.05) is 19.2 Å². The molecule has 0 saturated carbocycles. The molecule has 6 heteroatoms. The number of rotatable bonds is 4. The quantitative estimate of drug-likeness (QED) is 0.520. The lowest BCUT2D eigenvalue weighted by molar-refractivity contribution is 0.517. The number of aryl methyl sites for hydroxylation is 3. The first-order valence-corrected chi connectivity index (χ1v) is 9.52. The van der Waals surface area contributed by atoms with E-state index in [-0.39, 0.29) is 0 Å². The van der Waals surface area contributed by atoms with Gasteiger partial charge < -0.3 is 15.9 Å². The average Bonchev–Trinajstić information content (AvgIpc) is 2.97. The number of aromatic nitrogens is 2. The lowest BCUT2D eigenvalue weighted by Gasteiger charge is -2.14.